The first kappa shape index (κ1) is 11.7. The van der Waals surface area contributed by atoms with Crippen LogP contribution in [0.15, 0.2) is 24.3 Å². The first-order chi connectivity index (χ1) is 7.75. The van der Waals surface area contributed by atoms with Gasteiger partial charge in [-0.25, -0.2) is 0 Å². The zero-order valence-corrected chi connectivity index (χ0v) is 10.5. The summed E-state index contributed by atoms with van der Waals surface area (Å²) < 4.78 is 0. The molecule has 0 aliphatic heterocycles. The fourth-order valence-corrected chi connectivity index (χ4v) is 2.72. The van der Waals surface area contributed by atoms with Gasteiger partial charge in [0.15, 0.2) is 0 Å². The smallest absolute Gasteiger partial charge is 0.00928 e. The minimum atomic E-state index is 0.768. The van der Waals surface area contributed by atoms with Crippen LogP contribution in [0.5, 0.6) is 0 Å². The van der Waals surface area contributed by atoms with Crippen LogP contribution in [0.2, 0.25) is 0 Å². The maximum Gasteiger partial charge on any atom is 0.00928 e. The number of hydrogen-bond acceptors (Lipinski definition) is 1. The van der Waals surface area contributed by atoms with Gasteiger partial charge in [-0.3, -0.25) is 0 Å². The van der Waals surface area contributed by atoms with Crippen molar-refractivity contribution >= 4 is 0 Å². The zero-order chi connectivity index (χ0) is 11.4. The van der Waals surface area contributed by atoms with Crippen LogP contribution in [0, 0.1) is 12.8 Å². The summed E-state index contributed by atoms with van der Waals surface area (Å²) in [5.74, 6) is 0.873. The van der Waals surface area contributed by atoms with Gasteiger partial charge in [-0.15, -0.1) is 0 Å². The third-order valence-electron chi connectivity index (χ3n) is 3.76. The summed E-state index contributed by atoms with van der Waals surface area (Å²) >= 11 is 0. The Morgan fingerprint density at radius 2 is 2.19 bits per heavy atom. The van der Waals surface area contributed by atoms with Crippen molar-refractivity contribution in [1.29, 1.82) is 0 Å². The molecule has 1 aliphatic carbocycles. The van der Waals surface area contributed by atoms with Crippen LogP contribution in [0.25, 0.3) is 0 Å². The summed E-state index contributed by atoms with van der Waals surface area (Å²) in [6.07, 6.45) is 5.34. The normalized spacial score (nSPS) is 24.9. The van der Waals surface area contributed by atoms with Gasteiger partial charge in [0, 0.05) is 6.04 Å². The summed E-state index contributed by atoms with van der Waals surface area (Å²) in [6.45, 7) is 5.66. The number of benzene rings is 1. The second-order valence-corrected chi connectivity index (χ2v) is 5.21. The molecule has 1 nitrogen and oxygen atoms in total. The molecule has 2 atom stereocenters. The van der Waals surface area contributed by atoms with Crippen molar-refractivity contribution in [3.05, 3.63) is 35.4 Å². The van der Waals surface area contributed by atoms with Gasteiger partial charge in [0.2, 0.25) is 0 Å². The van der Waals surface area contributed by atoms with Crippen LogP contribution in [0.4, 0.5) is 0 Å². The fourth-order valence-electron chi connectivity index (χ4n) is 2.72. The highest BCUT2D eigenvalue weighted by atomic mass is 14.9. The summed E-state index contributed by atoms with van der Waals surface area (Å²) in [5.41, 5.74) is 2.82. The minimum Gasteiger partial charge on any atom is -0.313 e. The van der Waals surface area contributed by atoms with Crippen LogP contribution in [0.3, 0.4) is 0 Å². The maximum atomic E-state index is 3.70. The van der Waals surface area contributed by atoms with E-state index in [9.17, 15) is 0 Å². The Labute approximate surface area is 99.3 Å². The van der Waals surface area contributed by atoms with E-state index >= 15 is 0 Å². The molecule has 0 heterocycles. The number of hydrogen-bond donors (Lipinski definition) is 1. The van der Waals surface area contributed by atoms with E-state index in [-0.39, 0.29) is 0 Å². The maximum absolute atomic E-state index is 3.70. The predicted octanol–water partition coefficient (Wildman–Crippen LogP) is 3.32. The lowest BCUT2D eigenvalue weighted by molar-refractivity contribution is 0.430. The third kappa shape index (κ3) is 3.08. The third-order valence-corrected chi connectivity index (χ3v) is 3.76. The van der Waals surface area contributed by atoms with E-state index in [0.29, 0.717) is 0 Å². The van der Waals surface area contributed by atoms with E-state index in [1.165, 1.54) is 30.4 Å². The molecule has 0 saturated heterocycles. The lowest BCUT2D eigenvalue weighted by Gasteiger charge is -2.17. The van der Waals surface area contributed by atoms with Gasteiger partial charge in [0.05, 0.1) is 0 Å². The standard InChI is InChI=1S/C15H23N/c1-12-5-3-7-14(11-12)9-10-16-15-8-4-6-13(15)2/h3,5,7,11,13,15-16H,4,6,8-10H2,1-2H3. The fraction of sp³-hybridized carbons (Fsp3) is 0.600. The van der Waals surface area contributed by atoms with Gasteiger partial charge in [-0.2, -0.15) is 0 Å². The van der Waals surface area contributed by atoms with Crippen molar-refractivity contribution in [1.82, 2.24) is 5.32 Å². The molecule has 1 saturated carbocycles. The Kier molecular flexibility index (Phi) is 4.00. The highest BCUT2D eigenvalue weighted by Gasteiger charge is 2.21. The Balaban J connectivity index is 1.75. The van der Waals surface area contributed by atoms with Crippen molar-refractivity contribution in [2.24, 2.45) is 5.92 Å². The molecule has 0 bridgehead atoms. The molecule has 1 aliphatic rings. The van der Waals surface area contributed by atoms with E-state index in [1.54, 1.807) is 0 Å². The first-order valence-electron chi connectivity index (χ1n) is 6.54. The SMILES string of the molecule is Cc1cccc(CCNC2CCCC2C)c1. The van der Waals surface area contributed by atoms with Gasteiger partial charge in [0.1, 0.15) is 0 Å². The van der Waals surface area contributed by atoms with Crippen molar-refractivity contribution in [3.8, 4) is 0 Å². The molecule has 0 spiro atoms. The van der Waals surface area contributed by atoms with E-state index in [0.717, 1.165) is 24.9 Å². The van der Waals surface area contributed by atoms with Gasteiger partial charge in [-0.05, 0) is 44.2 Å². The quantitative estimate of drug-likeness (QED) is 0.816. The Hall–Kier alpha value is -0.820. The molecule has 2 rings (SSSR count). The molecule has 16 heavy (non-hydrogen) atoms. The van der Waals surface area contributed by atoms with E-state index in [2.05, 4.69) is 43.4 Å². The first-order valence-corrected chi connectivity index (χ1v) is 6.54. The zero-order valence-electron chi connectivity index (χ0n) is 10.5. The molecule has 1 N–H and O–H groups in total. The summed E-state index contributed by atoms with van der Waals surface area (Å²) in [6, 6.07) is 9.61. The average Bonchev–Trinajstić information content (AvgIpc) is 2.65. The van der Waals surface area contributed by atoms with Crippen LogP contribution in [-0.2, 0) is 6.42 Å². The second kappa shape index (κ2) is 5.49. The molecule has 2 unspecified atom stereocenters. The van der Waals surface area contributed by atoms with Crippen molar-refractivity contribution in [2.75, 3.05) is 6.54 Å². The van der Waals surface area contributed by atoms with Crippen molar-refractivity contribution in [2.45, 2.75) is 45.6 Å². The molecule has 0 radical (unpaired) electrons. The lowest BCUT2D eigenvalue weighted by atomic mass is 10.1. The van der Waals surface area contributed by atoms with Gasteiger partial charge < -0.3 is 5.32 Å². The van der Waals surface area contributed by atoms with Crippen LogP contribution in [0.1, 0.15) is 37.3 Å². The second-order valence-electron chi connectivity index (χ2n) is 5.21. The van der Waals surface area contributed by atoms with Gasteiger partial charge in [-0.1, -0.05) is 43.2 Å². The molecule has 88 valence electrons. The molecular weight excluding hydrogens is 194 g/mol. The van der Waals surface area contributed by atoms with Gasteiger partial charge in [0.25, 0.3) is 0 Å². The summed E-state index contributed by atoms with van der Waals surface area (Å²) in [5, 5.41) is 3.70. The summed E-state index contributed by atoms with van der Waals surface area (Å²) in [4.78, 5) is 0. The number of rotatable bonds is 4. The Morgan fingerprint density at radius 1 is 1.31 bits per heavy atom. The Morgan fingerprint density at radius 3 is 2.88 bits per heavy atom. The summed E-state index contributed by atoms with van der Waals surface area (Å²) in [7, 11) is 0. The Bertz CT molecular complexity index is 332. The molecule has 1 aromatic carbocycles. The van der Waals surface area contributed by atoms with E-state index in [1.807, 2.05) is 0 Å². The van der Waals surface area contributed by atoms with Crippen LogP contribution < -0.4 is 5.32 Å². The van der Waals surface area contributed by atoms with Crippen LogP contribution in [-0.4, -0.2) is 12.6 Å². The van der Waals surface area contributed by atoms with E-state index < -0.39 is 0 Å². The van der Waals surface area contributed by atoms with Crippen LogP contribution >= 0.6 is 0 Å². The highest BCUT2D eigenvalue weighted by molar-refractivity contribution is 5.22. The monoisotopic (exact) mass is 217 g/mol. The van der Waals surface area contributed by atoms with Gasteiger partial charge >= 0.3 is 0 Å². The van der Waals surface area contributed by atoms with E-state index in [4.69, 9.17) is 0 Å². The number of aryl methyl sites for hydroxylation is 1. The molecule has 1 aromatic rings. The molecule has 0 amide bonds. The minimum absolute atomic E-state index is 0.768. The topological polar surface area (TPSA) is 12.0 Å². The number of nitrogens with one attached hydrogen (secondary N) is 1. The molecule has 1 fully saturated rings. The predicted molar refractivity (Wildman–Crippen MR) is 69.7 cm³/mol. The molecule has 1 heteroatoms. The molecular formula is C15H23N. The van der Waals surface area contributed by atoms with Crippen molar-refractivity contribution in [3.63, 3.8) is 0 Å². The average molecular weight is 217 g/mol. The molecule has 0 aromatic heterocycles. The lowest BCUT2D eigenvalue weighted by Crippen LogP contribution is -2.32. The largest absolute Gasteiger partial charge is 0.313 e. The van der Waals surface area contributed by atoms with Crippen molar-refractivity contribution < 1.29 is 0 Å². The highest BCUT2D eigenvalue weighted by Crippen LogP contribution is 2.24.